The van der Waals surface area contributed by atoms with Crippen LogP contribution in [0.2, 0.25) is 0 Å². The van der Waals surface area contributed by atoms with E-state index in [1.807, 2.05) is 23.1 Å². The number of benzene rings is 2. The molecule has 5 nitrogen and oxygen atoms in total. The highest BCUT2D eigenvalue weighted by Crippen LogP contribution is 2.33. The van der Waals surface area contributed by atoms with Gasteiger partial charge in [0.05, 0.1) is 6.61 Å². The smallest absolute Gasteiger partial charge is 0.253 e. The van der Waals surface area contributed by atoms with Gasteiger partial charge >= 0.3 is 0 Å². The summed E-state index contributed by atoms with van der Waals surface area (Å²) >= 11 is 0. The van der Waals surface area contributed by atoms with E-state index in [2.05, 4.69) is 19.1 Å². The number of piperidine rings is 1. The van der Waals surface area contributed by atoms with Crippen molar-refractivity contribution in [2.24, 2.45) is 5.92 Å². The molecule has 0 bridgehead atoms. The molecule has 0 atom stereocenters. The van der Waals surface area contributed by atoms with Gasteiger partial charge in [0, 0.05) is 18.7 Å². The van der Waals surface area contributed by atoms with E-state index in [1.54, 1.807) is 12.1 Å². The fraction of sp³-hybridized carbons (Fsp3) is 0.381. The number of amides is 1. The van der Waals surface area contributed by atoms with E-state index in [1.165, 1.54) is 5.56 Å². The lowest BCUT2D eigenvalue weighted by Crippen LogP contribution is -2.39. The number of hydrogen-bond donors (Lipinski definition) is 0. The van der Waals surface area contributed by atoms with Gasteiger partial charge < -0.3 is 19.1 Å². The Hall–Kier alpha value is -2.69. The molecule has 1 fully saturated rings. The van der Waals surface area contributed by atoms with E-state index in [0.717, 1.165) is 31.7 Å². The number of rotatable bonds is 4. The summed E-state index contributed by atoms with van der Waals surface area (Å²) in [5.74, 6) is 2.81. The molecule has 0 spiro atoms. The molecule has 2 aromatic carbocycles. The Bertz CT molecular complexity index is 796. The van der Waals surface area contributed by atoms with E-state index in [0.29, 0.717) is 29.6 Å². The van der Waals surface area contributed by atoms with Crippen LogP contribution in [-0.2, 0) is 0 Å². The van der Waals surface area contributed by atoms with Gasteiger partial charge in [0.2, 0.25) is 6.79 Å². The Balaban J connectivity index is 1.30. The Morgan fingerprint density at radius 3 is 2.73 bits per heavy atom. The van der Waals surface area contributed by atoms with E-state index in [-0.39, 0.29) is 12.7 Å². The summed E-state index contributed by atoms with van der Waals surface area (Å²) in [5.41, 5.74) is 1.86. The fourth-order valence-corrected chi connectivity index (χ4v) is 3.43. The highest BCUT2D eigenvalue weighted by Gasteiger charge is 2.25. The number of carbonyl (C=O) groups is 1. The average Bonchev–Trinajstić information content (AvgIpc) is 3.14. The van der Waals surface area contributed by atoms with Crippen LogP contribution in [-0.4, -0.2) is 37.3 Å². The van der Waals surface area contributed by atoms with Crippen LogP contribution in [0.1, 0.15) is 28.8 Å². The second-order valence-corrected chi connectivity index (χ2v) is 6.93. The van der Waals surface area contributed by atoms with Crippen LogP contribution in [0.25, 0.3) is 0 Å². The molecule has 2 aromatic rings. The van der Waals surface area contributed by atoms with Crippen molar-refractivity contribution in [1.82, 2.24) is 4.90 Å². The minimum Gasteiger partial charge on any atom is -0.493 e. The first-order chi connectivity index (χ1) is 12.7. The number of aryl methyl sites for hydroxylation is 1. The van der Waals surface area contributed by atoms with Crippen molar-refractivity contribution in [2.45, 2.75) is 19.8 Å². The summed E-state index contributed by atoms with van der Waals surface area (Å²) < 4.78 is 16.6. The highest BCUT2D eigenvalue weighted by atomic mass is 16.7. The van der Waals surface area contributed by atoms with Crippen LogP contribution in [0, 0.1) is 12.8 Å². The third kappa shape index (κ3) is 3.62. The topological polar surface area (TPSA) is 48.0 Å². The molecule has 0 unspecified atom stereocenters. The number of likely N-dealkylation sites (tertiary alicyclic amines) is 1. The normalized spacial score (nSPS) is 16.6. The van der Waals surface area contributed by atoms with Gasteiger partial charge in [0.1, 0.15) is 5.75 Å². The summed E-state index contributed by atoms with van der Waals surface area (Å²) in [4.78, 5) is 14.6. The monoisotopic (exact) mass is 353 g/mol. The van der Waals surface area contributed by atoms with Crippen LogP contribution in [0.5, 0.6) is 17.2 Å². The van der Waals surface area contributed by atoms with Crippen LogP contribution < -0.4 is 14.2 Å². The summed E-state index contributed by atoms with van der Waals surface area (Å²) in [6, 6.07) is 13.5. The third-order valence-corrected chi connectivity index (χ3v) is 5.00. The largest absolute Gasteiger partial charge is 0.493 e. The SMILES string of the molecule is Cc1cccc(OCC2CCN(C(=O)c3ccc4c(c3)OCO4)CC2)c1. The zero-order valence-corrected chi connectivity index (χ0v) is 14.9. The maximum absolute atomic E-state index is 12.7. The van der Waals surface area contributed by atoms with E-state index in [9.17, 15) is 4.79 Å². The fourth-order valence-electron chi connectivity index (χ4n) is 3.43. The molecule has 136 valence electrons. The number of hydrogen-bond acceptors (Lipinski definition) is 4. The van der Waals surface area contributed by atoms with Crippen molar-refractivity contribution in [3.63, 3.8) is 0 Å². The van der Waals surface area contributed by atoms with E-state index >= 15 is 0 Å². The first-order valence-corrected chi connectivity index (χ1v) is 9.07. The molecule has 5 heteroatoms. The van der Waals surface area contributed by atoms with Crippen LogP contribution in [0.4, 0.5) is 0 Å². The van der Waals surface area contributed by atoms with Crippen LogP contribution in [0.15, 0.2) is 42.5 Å². The van der Waals surface area contributed by atoms with Gasteiger partial charge in [-0.05, 0) is 61.6 Å². The Labute approximate surface area is 153 Å². The first kappa shape index (κ1) is 16.8. The maximum atomic E-state index is 12.7. The Morgan fingerprint density at radius 1 is 1.12 bits per heavy atom. The quantitative estimate of drug-likeness (QED) is 0.842. The highest BCUT2D eigenvalue weighted by molar-refractivity contribution is 5.95. The molecular weight excluding hydrogens is 330 g/mol. The van der Waals surface area contributed by atoms with E-state index in [4.69, 9.17) is 14.2 Å². The molecule has 1 amide bonds. The zero-order valence-electron chi connectivity index (χ0n) is 14.9. The van der Waals surface area contributed by atoms with Gasteiger partial charge in [-0.15, -0.1) is 0 Å². The molecule has 4 rings (SSSR count). The van der Waals surface area contributed by atoms with Crippen molar-refractivity contribution < 1.29 is 19.0 Å². The van der Waals surface area contributed by atoms with Gasteiger partial charge in [0.15, 0.2) is 11.5 Å². The van der Waals surface area contributed by atoms with Gasteiger partial charge in [-0.2, -0.15) is 0 Å². The molecule has 0 radical (unpaired) electrons. The second-order valence-electron chi connectivity index (χ2n) is 6.93. The molecule has 2 aliphatic rings. The zero-order chi connectivity index (χ0) is 17.9. The summed E-state index contributed by atoms with van der Waals surface area (Å²) in [5, 5.41) is 0. The lowest BCUT2D eigenvalue weighted by Gasteiger charge is -2.32. The first-order valence-electron chi connectivity index (χ1n) is 9.07. The predicted octanol–water partition coefficient (Wildman–Crippen LogP) is 3.65. The van der Waals surface area contributed by atoms with Gasteiger partial charge in [0.25, 0.3) is 5.91 Å². The summed E-state index contributed by atoms with van der Waals surface area (Å²) in [6.45, 7) is 4.51. The van der Waals surface area contributed by atoms with Crippen molar-refractivity contribution in [2.75, 3.05) is 26.5 Å². The van der Waals surface area contributed by atoms with Gasteiger partial charge in [-0.3, -0.25) is 4.79 Å². The predicted molar refractivity (Wildman–Crippen MR) is 97.9 cm³/mol. The lowest BCUT2D eigenvalue weighted by molar-refractivity contribution is 0.0660. The standard InChI is InChI=1S/C21H23NO4/c1-15-3-2-4-18(11-15)24-13-16-7-9-22(10-8-16)21(23)17-5-6-19-20(12-17)26-14-25-19/h2-6,11-12,16H,7-10,13-14H2,1H3. The van der Waals surface area contributed by atoms with Crippen LogP contribution >= 0.6 is 0 Å². The molecule has 0 N–H and O–H groups in total. The Morgan fingerprint density at radius 2 is 1.92 bits per heavy atom. The molecule has 0 aliphatic carbocycles. The minimum absolute atomic E-state index is 0.0568. The van der Waals surface area contributed by atoms with Gasteiger partial charge in [-0.25, -0.2) is 0 Å². The minimum atomic E-state index is 0.0568. The summed E-state index contributed by atoms with van der Waals surface area (Å²) in [7, 11) is 0. The Kier molecular flexibility index (Phi) is 4.69. The molecular formula is C21H23NO4. The number of carbonyl (C=O) groups excluding carboxylic acids is 1. The van der Waals surface area contributed by atoms with Crippen LogP contribution in [0.3, 0.4) is 0 Å². The average molecular weight is 353 g/mol. The molecule has 2 heterocycles. The molecule has 0 saturated carbocycles. The second kappa shape index (κ2) is 7.28. The number of fused-ring (bicyclic) bond motifs is 1. The van der Waals surface area contributed by atoms with Crippen molar-refractivity contribution in [3.05, 3.63) is 53.6 Å². The third-order valence-electron chi connectivity index (χ3n) is 5.00. The van der Waals surface area contributed by atoms with E-state index < -0.39 is 0 Å². The molecule has 0 aromatic heterocycles. The number of nitrogens with zero attached hydrogens (tertiary/aromatic N) is 1. The lowest BCUT2D eigenvalue weighted by atomic mass is 9.97. The summed E-state index contributed by atoms with van der Waals surface area (Å²) in [6.07, 6.45) is 1.92. The maximum Gasteiger partial charge on any atom is 0.253 e. The molecule has 1 saturated heterocycles. The van der Waals surface area contributed by atoms with Crippen molar-refractivity contribution in [3.8, 4) is 17.2 Å². The van der Waals surface area contributed by atoms with Crippen molar-refractivity contribution >= 4 is 5.91 Å². The van der Waals surface area contributed by atoms with Crippen molar-refractivity contribution in [1.29, 1.82) is 0 Å². The molecule has 26 heavy (non-hydrogen) atoms. The van der Waals surface area contributed by atoms with Gasteiger partial charge in [-0.1, -0.05) is 12.1 Å². The molecule has 2 aliphatic heterocycles. The number of ether oxygens (including phenoxy) is 3.